The third kappa shape index (κ3) is 6.00. The smallest absolute Gasteiger partial charge is 0.331 e. The van der Waals surface area contributed by atoms with Crippen LogP contribution in [0, 0.1) is 0 Å². The standard InChI is InChI=1S/C20H23N11O6/c1-9(18(34)35)6-13(19(36)37)30(22)17(33)10-2-4-12(5-3-10)29(21)8-11-7-25-15-14(26-11)16(32)28-20(27-15)31(23)24/h2-5,7,13H,1,6,8,21-24H2,(H,34,35)(H,36,37)(H,25,27,28,32)/t13-/m0/s1. The molecule has 17 nitrogen and oxygen atoms in total. The molecular formula is C20H23N11O6. The molecule has 0 spiro atoms. The summed E-state index contributed by atoms with van der Waals surface area (Å²) in [5.74, 6) is 18.7. The Balaban J connectivity index is 1.74. The van der Waals surface area contributed by atoms with Crippen LogP contribution in [0.5, 0.6) is 0 Å². The third-order valence-electron chi connectivity index (χ3n) is 5.08. The lowest BCUT2D eigenvalue weighted by atomic mass is 10.1. The quantitative estimate of drug-likeness (QED) is 0.0664. The van der Waals surface area contributed by atoms with Gasteiger partial charge in [0.1, 0.15) is 6.04 Å². The summed E-state index contributed by atoms with van der Waals surface area (Å²) < 4.78 is 0. The van der Waals surface area contributed by atoms with Crippen LogP contribution < -0.4 is 39.1 Å². The SMILES string of the molecule is C=C(C[C@@H](C(=O)O)N(N)C(=O)c1ccc(N(N)Cc2cnc3nc(N(N)N)[nH]c(=O)c3n2)cc1)C(=O)O. The number of aliphatic carboxylic acids is 2. The minimum Gasteiger partial charge on any atom is -0.480 e. The fraction of sp³-hybridized carbons (Fsp3) is 0.150. The molecule has 1 amide bonds. The van der Waals surface area contributed by atoms with Crippen molar-refractivity contribution in [3.05, 3.63) is 64.2 Å². The number of aromatic nitrogens is 4. The Labute approximate surface area is 207 Å². The van der Waals surface area contributed by atoms with Crippen LogP contribution in [0.2, 0.25) is 0 Å². The number of rotatable bonds is 10. The van der Waals surface area contributed by atoms with Gasteiger partial charge >= 0.3 is 11.9 Å². The monoisotopic (exact) mass is 513 g/mol. The number of aromatic amines is 1. The van der Waals surface area contributed by atoms with Gasteiger partial charge in [-0.05, 0) is 24.3 Å². The number of nitrogens with two attached hydrogens (primary N) is 4. The van der Waals surface area contributed by atoms with Gasteiger partial charge in [0.2, 0.25) is 5.95 Å². The van der Waals surface area contributed by atoms with E-state index < -0.39 is 41.4 Å². The average Bonchev–Trinajstić information content (AvgIpc) is 2.86. The van der Waals surface area contributed by atoms with Gasteiger partial charge in [0, 0.05) is 17.6 Å². The van der Waals surface area contributed by atoms with Gasteiger partial charge in [-0.15, -0.1) is 0 Å². The lowest BCUT2D eigenvalue weighted by Gasteiger charge is -2.24. The number of fused-ring (bicyclic) bond motifs is 1. The zero-order valence-electron chi connectivity index (χ0n) is 19.1. The molecule has 0 fully saturated rings. The summed E-state index contributed by atoms with van der Waals surface area (Å²) in [5, 5.41) is 20.6. The molecule has 3 aromatic rings. The number of benzene rings is 1. The van der Waals surface area contributed by atoms with E-state index in [1.807, 2.05) is 0 Å². The van der Waals surface area contributed by atoms with Crippen molar-refractivity contribution in [2.75, 3.05) is 10.1 Å². The molecule has 0 bridgehead atoms. The van der Waals surface area contributed by atoms with E-state index in [0.29, 0.717) is 21.5 Å². The first-order valence-corrected chi connectivity index (χ1v) is 10.3. The second-order valence-corrected chi connectivity index (χ2v) is 7.68. The molecule has 17 heteroatoms. The Morgan fingerprint density at radius 2 is 1.70 bits per heavy atom. The predicted octanol–water partition coefficient (Wildman–Crippen LogP) is -2.05. The van der Waals surface area contributed by atoms with E-state index in [1.54, 1.807) is 0 Å². The summed E-state index contributed by atoms with van der Waals surface area (Å²) in [4.78, 5) is 62.1. The maximum Gasteiger partial charge on any atom is 0.331 e. The topological polar surface area (TPSA) is 277 Å². The van der Waals surface area contributed by atoms with Crippen LogP contribution in [0.4, 0.5) is 11.6 Å². The first-order valence-electron chi connectivity index (χ1n) is 10.3. The molecule has 37 heavy (non-hydrogen) atoms. The summed E-state index contributed by atoms with van der Waals surface area (Å²) in [6.07, 6.45) is 0.793. The number of nitrogens with zero attached hydrogens (tertiary/aromatic N) is 6. The Hall–Kier alpha value is -4.97. The largest absolute Gasteiger partial charge is 0.480 e. The molecule has 1 atom stereocenters. The number of carbonyl (C=O) groups excluding carboxylic acids is 1. The van der Waals surface area contributed by atoms with Crippen molar-refractivity contribution in [3.8, 4) is 0 Å². The molecule has 2 aromatic heterocycles. The molecule has 0 aliphatic heterocycles. The molecule has 11 N–H and O–H groups in total. The number of hydrogen-bond donors (Lipinski definition) is 7. The van der Waals surface area contributed by atoms with Crippen LogP contribution in [0.3, 0.4) is 0 Å². The van der Waals surface area contributed by atoms with Crippen molar-refractivity contribution < 1.29 is 24.6 Å². The number of H-pyrrole nitrogens is 1. The van der Waals surface area contributed by atoms with E-state index in [-0.39, 0.29) is 29.2 Å². The van der Waals surface area contributed by atoms with E-state index in [2.05, 4.69) is 26.5 Å². The minimum absolute atomic E-state index is 0.0126. The molecule has 2 heterocycles. The van der Waals surface area contributed by atoms with E-state index in [1.165, 1.54) is 35.5 Å². The number of carbonyl (C=O) groups is 3. The van der Waals surface area contributed by atoms with Gasteiger partial charge in [-0.1, -0.05) is 6.58 Å². The van der Waals surface area contributed by atoms with Gasteiger partial charge in [-0.25, -0.2) is 48.0 Å². The van der Waals surface area contributed by atoms with Crippen LogP contribution in [-0.4, -0.2) is 59.0 Å². The number of anilines is 2. The highest BCUT2D eigenvalue weighted by atomic mass is 16.4. The van der Waals surface area contributed by atoms with E-state index in [0.717, 1.165) is 0 Å². The van der Waals surface area contributed by atoms with Crippen LogP contribution in [-0.2, 0) is 16.1 Å². The maximum absolute atomic E-state index is 12.7. The highest BCUT2D eigenvalue weighted by molar-refractivity contribution is 5.97. The zero-order chi connectivity index (χ0) is 27.4. The molecule has 0 saturated heterocycles. The van der Waals surface area contributed by atoms with Gasteiger partial charge < -0.3 is 15.2 Å². The summed E-state index contributed by atoms with van der Waals surface area (Å²) in [5.41, 5.74) is -0.282. The maximum atomic E-state index is 12.7. The van der Waals surface area contributed by atoms with Crippen LogP contribution >= 0.6 is 0 Å². The highest BCUT2D eigenvalue weighted by Crippen LogP contribution is 2.18. The second-order valence-electron chi connectivity index (χ2n) is 7.68. The summed E-state index contributed by atoms with van der Waals surface area (Å²) in [6.45, 7) is 3.28. The number of amides is 1. The van der Waals surface area contributed by atoms with Crippen molar-refractivity contribution in [2.45, 2.75) is 19.0 Å². The molecule has 0 radical (unpaired) electrons. The van der Waals surface area contributed by atoms with E-state index in [4.69, 9.17) is 28.5 Å². The predicted molar refractivity (Wildman–Crippen MR) is 129 cm³/mol. The summed E-state index contributed by atoms with van der Waals surface area (Å²) >= 11 is 0. The van der Waals surface area contributed by atoms with Gasteiger partial charge in [0.15, 0.2) is 11.2 Å². The fourth-order valence-corrected chi connectivity index (χ4v) is 3.12. The molecule has 0 aliphatic carbocycles. The van der Waals surface area contributed by atoms with Gasteiger partial charge in [0.05, 0.1) is 24.1 Å². The molecule has 0 aliphatic rings. The van der Waals surface area contributed by atoms with Crippen LogP contribution in [0.25, 0.3) is 11.2 Å². The Morgan fingerprint density at radius 3 is 2.27 bits per heavy atom. The summed E-state index contributed by atoms with van der Waals surface area (Å²) in [6, 6.07) is 4.02. The number of hydrazine groups is 4. The van der Waals surface area contributed by atoms with Crippen molar-refractivity contribution in [3.63, 3.8) is 0 Å². The number of hydrogen-bond acceptors (Lipinski definition) is 13. The lowest BCUT2D eigenvalue weighted by Crippen LogP contribution is -2.50. The average molecular weight is 513 g/mol. The first kappa shape index (κ1) is 26.6. The van der Waals surface area contributed by atoms with Crippen LogP contribution in [0.1, 0.15) is 22.5 Å². The fourth-order valence-electron chi connectivity index (χ4n) is 3.12. The number of carboxylic acids is 2. The van der Waals surface area contributed by atoms with E-state index >= 15 is 0 Å². The van der Waals surface area contributed by atoms with Crippen molar-refractivity contribution in [1.29, 1.82) is 0 Å². The van der Waals surface area contributed by atoms with Crippen LogP contribution in [0.15, 0.2) is 47.4 Å². The molecule has 3 rings (SSSR count). The normalized spacial score (nSPS) is 11.6. The minimum atomic E-state index is -1.64. The number of nitrogens with one attached hydrogen (secondary N) is 1. The van der Waals surface area contributed by atoms with Crippen molar-refractivity contribution in [1.82, 2.24) is 24.9 Å². The molecule has 1 aromatic carbocycles. The van der Waals surface area contributed by atoms with Gasteiger partial charge in [-0.2, -0.15) is 4.98 Å². The van der Waals surface area contributed by atoms with E-state index in [9.17, 15) is 24.3 Å². The Bertz CT molecular complexity index is 1420. The molecular weight excluding hydrogens is 490 g/mol. The Morgan fingerprint density at radius 1 is 1.05 bits per heavy atom. The third-order valence-corrected chi connectivity index (χ3v) is 5.08. The molecule has 194 valence electrons. The van der Waals surface area contributed by atoms with Crippen molar-refractivity contribution >= 4 is 40.6 Å². The first-order chi connectivity index (χ1) is 17.4. The zero-order valence-corrected chi connectivity index (χ0v) is 19.1. The highest BCUT2D eigenvalue weighted by Gasteiger charge is 2.30. The Kier molecular flexibility index (Phi) is 7.73. The molecule has 0 unspecified atom stereocenters. The van der Waals surface area contributed by atoms with Gasteiger partial charge in [-0.3, -0.25) is 19.6 Å². The molecule has 0 saturated carbocycles. The summed E-state index contributed by atoms with van der Waals surface area (Å²) in [7, 11) is 0. The lowest BCUT2D eigenvalue weighted by molar-refractivity contribution is -0.142. The van der Waals surface area contributed by atoms with Crippen molar-refractivity contribution in [2.24, 2.45) is 23.4 Å². The second kappa shape index (κ2) is 10.7. The van der Waals surface area contributed by atoms with Gasteiger partial charge in [0.25, 0.3) is 11.5 Å². The number of carboxylic acid groups (broad SMARTS) is 2.